The highest BCUT2D eigenvalue weighted by Gasteiger charge is 2.10. The Bertz CT molecular complexity index is 396. The number of carbonyl (C=O) groups is 1. The van der Waals surface area contributed by atoms with Crippen LogP contribution < -0.4 is 11.5 Å². The van der Waals surface area contributed by atoms with Crippen molar-refractivity contribution in [1.29, 1.82) is 0 Å². The average Bonchev–Trinajstić information content (AvgIpc) is 2.36. The van der Waals surface area contributed by atoms with Crippen LogP contribution in [0.25, 0.3) is 0 Å². The van der Waals surface area contributed by atoms with E-state index >= 15 is 0 Å². The van der Waals surface area contributed by atoms with Crippen molar-refractivity contribution in [2.45, 2.75) is 19.4 Å². The number of nitrogen functional groups attached to an aromatic ring is 1. The van der Waals surface area contributed by atoms with Crippen LogP contribution in [0, 0.1) is 0 Å². The van der Waals surface area contributed by atoms with Gasteiger partial charge >= 0.3 is 0 Å². The molecule has 0 aliphatic rings. The van der Waals surface area contributed by atoms with Crippen LogP contribution in [0.3, 0.4) is 0 Å². The number of methoxy groups -OCH3 is 1. The largest absolute Gasteiger partial charge is 0.398 e. The van der Waals surface area contributed by atoms with Gasteiger partial charge in [-0.25, -0.2) is 0 Å². The summed E-state index contributed by atoms with van der Waals surface area (Å²) in [6, 6.07) is 7.68. The van der Waals surface area contributed by atoms with Gasteiger partial charge in [0.25, 0.3) is 0 Å². The van der Waals surface area contributed by atoms with E-state index in [1.165, 1.54) is 0 Å². The van der Waals surface area contributed by atoms with Gasteiger partial charge in [0.05, 0.1) is 6.54 Å². The lowest BCUT2D eigenvalue weighted by molar-refractivity contribution is -0.119. The Labute approximate surface area is 114 Å². The van der Waals surface area contributed by atoms with Crippen molar-refractivity contribution in [3.05, 3.63) is 29.8 Å². The van der Waals surface area contributed by atoms with Crippen LogP contribution in [-0.4, -0.2) is 37.6 Å². The molecule has 5 nitrogen and oxygen atoms in total. The number of para-hydroxylation sites is 1. The molecule has 0 saturated heterocycles. The fourth-order valence-corrected chi connectivity index (χ4v) is 1.94. The number of ether oxygens (including phenoxy) is 1. The molecule has 0 radical (unpaired) electrons. The van der Waals surface area contributed by atoms with E-state index in [-0.39, 0.29) is 12.5 Å². The summed E-state index contributed by atoms with van der Waals surface area (Å²) >= 11 is 0. The molecule has 0 bridgehead atoms. The zero-order chi connectivity index (χ0) is 14.1. The summed E-state index contributed by atoms with van der Waals surface area (Å²) in [6.45, 7) is 2.43. The second-order valence-corrected chi connectivity index (χ2v) is 4.58. The first-order valence-electron chi connectivity index (χ1n) is 6.46. The first-order chi connectivity index (χ1) is 9.13. The number of amides is 1. The number of nitrogens with two attached hydrogens (primary N) is 2. The van der Waals surface area contributed by atoms with Crippen LogP contribution in [0.5, 0.6) is 0 Å². The second kappa shape index (κ2) is 8.50. The molecule has 1 amide bonds. The molecule has 0 atom stereocenters. The van der Waals surface area contributed by atoms with E-state index < -0.39 is 0 Å². The summed E-state index contributed by atoms with van der Waals surface area (Å²) in [6.07, 6.45) is 1.93. The first kappa shape index (κ1) is 15.5. The third-order valence-electron chi connectivity index (χ3n) is 2.90. The van der Waals surface area contributed by atoms with Crippen molar-refractivity contribution in [2.24, 2.45) is 5.73 Å². The van der Waals surface area contributed by atoms with Crippen molar-refractivity contribution in [3.8, 4) is 0 Å². The van der Waals surface area contributed by atoms with E-state index in [4.69, 9.17) is 16.2 Å². The number of benzene rings is 1. The molecule has 106 valence electrons. The van der Waals surface area contributed by atoms with Gasteiger partial charge in [-0.15, -0.1) is 0 Å². The van der Waals surface area contributed by atoms with Crippen LogP contribution in [0.1, 0.15) is 18.4 Å². The lowest BCUT2D eigenvalue weighted by Gasteiger charge is -2.21. The maximum absolute atomic E-state index is 11.1. The Kier molecular flexibility index (Phi) is 6.92. The quantitative estimate of drug-likeness (QED) is 0.515. The highest BCUT2D eigenvalue weighted by Crippen LogP contribution is 2.13. The lowest BCUT2D eigenvalue weighted by Crippen LogP contribution is -2.34. The minimum atomic E-state index is -0.318. The van der Waals surface area contributed by atoms with Crippen LogP contribution in [-0.2, 0) is 16.1 Å². The zero-order valence-corrected chi connectivity index (χ0v) is 11.5. The Morgan fingerprint density at radius 3 is 2.68 bits per heavy atom. The molecule has 0 heterocycles. The number of rotatable bonds is 9. The van der Waals surface area contributed by atoms with Gasteiger partial charge in [0.15, 0.2) is 0 Å². The number of carbonyl (C=O) groups excluding carboxylic acids is 1. The molecule has 0 unspecified atom stereocenters. The fraction of sp³-hybridized carbons (Fsp3) is 0.500. The number of anilines is 1. The maximum Gasteiger partial charge on any atom is 0.231 e. The molecule has 4 N–H and O–H groups in total. The molecule has 19 heavy (non-hydrogen) atoms. The summed E-state index contributed by atoms with van der Waals surface area (Å²) in [5, 5.41) is 0. The molecule has 5 heteroatoms. The number of hydrogen-bond acceptors (Lipinski definition) is 4. The summed E-state index contributed by atoms with van der Waals surface area (Å²) < 4.78 is 5.01. The van der Waals surface area contributed by atoms with Gasteiger partial charge in [0.2, 0.25) is 5.91 Å². The number of hydrogen-bond donors (Lipinski definition) is 2. The third kappa shape index (κ3) is 6.22. The van der Waals surface area contributed by atoms with Gasteiger partial charge in [-0.2, -0.15) is 0 Å². The van der Waals surface area contributed by atoms with Crippen molar-refractivity contribution in [3.63, 3.8) is 0 Å². The molecule has 0 saturated carbocycles. The molecule has 0 aliphatic heterocycles. The first-order valence-corrected chi connectivity index (χ1v) is 6.46. The van der Waals surface area contributed by atoms with Crippen molar-refractivity contribution in [2.75, 3.05) is 32.5 Å². The highest BCUT2D eigenvalue weighted by atomic mass is 16.5. The van der Waals surface area contributed by atoms with Gasteiger partial charge in [-0.3, -0.25) is 9.69 Å². The topological polar surface area (TPSA) is 81.6 Å². The van der Waals surface area contributed by atoms with E-state index in [9.17, 15) is 4.79 Å². The van der Waals surface area contributed by atoms with E-state index in [1.54, 1.807) is 7.11 Å². The minimum absolute atomic E-state index is 0.251. The van der Waals surface area contributed by atoms with Gasteiger partial charge in [0, 0.05) is 25.9 Å². The Morgan fingerprint density at radius 2 is 2.05 bits per heavy atom. The molecule has 1 aromatic rings. The molecular weight excluding hydrogens is 242 g/mol. The molecule has 0 aliphatic carbocycles. The monoisotopic (exact) mass is 265 g/mol. The van der Waals surface area contributed by atoms with Crippen LogP contribution in [0.2, 0.25) is 0 Å². The highest BCUT2D eigenvalue weighted by molar-refractivity contribution is 5.75. The van der Waals surface area contributed by atoms with E-state index in [1.807, 2.05) is 29.2 Å². The van der Waals surface area contributed by atoms with Gasteiger partial charge in [-0.05, 0) is 31.0 Å². The summed E-state index contributed by atoms with van der Waals surface area (Å²) in [7, 11) is 1.69. The Hall–Kier alpha value is -1.59. The van der Waals surface area contributed by atoms with Gasteiger partial charge in [-0.1, -0.05) is 18.2 Å². The maximum atomic E-state index is 11.1. The van der Waals surface area contributed by atoms with E-state index in [0.29, 0.717) is 6.54 Å². The summed E-state index contributed by atoms with van der Waals surface area (Å²) in [5.74, 6) is -0.318. The van der Waals surface area contributed by atoms with Crippen molar-refractivity contribution in [1.82, 2.24) is 4.90 Å². The molecule has 0 fully saturated rings. The average molecular weight is 265 g/mol. The van der Waals surface area contributed by atoms with E-state index in [2.05, 4.69) is 0 Å². The predicted octanol–water partition coefficient (Wildman–Crippen LogP) is 0.983. The van der Waals surface area contributed by atoms with Gasteiger partial charge in [0.1, 0.15) is 0 Å². The molecule has 1 aromatic carbocycles. The second-order valence-electron chi connectivity index (χ2n) is 4.58. The summed E-state index contributed by atoms with van der Waals surface area (Å²) in [5.41, 5.74) is 13.0. The van der Waals surface area contributed by atoms with E-state index in [0.717, 1.165) is 37.2 Å². The van der Waals surface area contributed by atoms with Crippen LogP contribution in [0.4, 0.5) is 5.69 Å². The Balaban J connectivity index is 2.53. The predicted molar refractivity (Wildman–Crippen MR) is 76.4 cm³/mol. The molecule has 1 rings (SSSR count). The summed E-state index contributed by atoms with van der Waals surface area (Å²) in [4.78, 5) is 13.1. The number of nitrogens with zero attached hydrogens (tertiary/aromatic N) is 1. The number of unbranched alkanes of at least 4 members (excludes halogenated alkanes) is 1. The standard InChI is InChI=1S/C14H23N3O2/c1-19-9-5-4-8-17(11-14(16)18)10-12-6-2-3-7-13(12)15/h2-3,6-7H,4-5,8-11,15H2,1H3,(H2,16,18). The van der Waals surface area contributed by atoms with Crippen LogP contribution in [0.15, 0.2) is 24.3 Å². The van der Waals surface area contributed by atoms with Crippen LogP contribution >= 0.6 is 0 Å². The third-order valence-corrected chi connectivity index (χ3v) is 2.90. The lowest BCUT2D eigenvalue weighted by atomic mass is 10.1. The fourth-order valence-electron chi connectivity index (χ4n) is 1.94. The van der Waals surface area contributed by atoms with Crippen molar-refractivity contribution >= 4 is 11.6 Å². The van der Waals surface area contributed by atoms with Crippen molar-refractivity contribution < 1.29 is 9.53 Å². The molecule has 0 aromatic heterocycles. The molecule has 0 spiro atoms. The minimum Gasteiger partial charge on any atom is -0.398 e. The molecular formula is C14H23N3O2. The van der Waals surface area contributed by atoms with Gasteiger partial charge < -0.3 is 16.2 Å². The number of primary amides is 1. The Morgan fingerprint density at radius 1 is 1.32 bits per heavy atom. The normalized spacial score (nSPS) is 10.8. The zero-order valence-electron chi connectivity index (χ0n) is 11.5. The smallest absolute Gasteiger partial charge is 0.231 e. The SMILES string of the molecule is COCCCCN(CC(N)=O)Cc1ccccc1N.